The van der Waals surface area contributed by atoms with Crippen molar-refractivity contribution >= 4 is 12.1 Å². The highest BCUT2D eigenvalue weighted by Gasteiger charge is 2.13. The topological polar surface area (TPSA) is 63.6 Å². The van der Waals surface area contributed by atoms with Crippen LogP contribution in [0.2, 0.25) is 0 Å². The zero-order valence-electron chi connectivity index (χ0n) is 14.4. The van der Waals surface area contributed by atoms with Gasteiger partial charge in [0.1, 0.15) is 5.75 Å². The average Bonchev–Trinajstić information content (AvgIpc) is 2.70. The van der Waals surface area contributed by atoms with Crippen molar-refractivity contribution < 1.29 is 9.53 Å². The van der Waals surface area contributed by atoms with Gasteiger partial charge in [0.25, 0.3) is 5.91 Å². The van der Waals surface area contributed by atoms with E-state index in [1.807, 2.05) is 54.6 Å². The molecule has 0 saturated heterocycles. The minimum atomic E-state index is -0.660. The van der Waals surface area contributed by atoms with Crippen molar-refractivity contribution in [3.8, 4) is 16.9 Å². The maximum atomic E-state index is 12.1. The van der Waals surface area contributed by atoms with Crippen LogP contribution in [0.1, 0.15) is 12.5 Å². The number of hydrogen-bond acceptors (Lipinski definition) is 4. The lowest BCUT2D eigenvalue weighted by Crippen LogP contribution is -2.33. The van der Waals surface area contributed by atoms with Gasteiger partial charge in [-0.3, -0.25) is 9.78 Å². The van der Waals surface area contributed by atoms with Crippen LogP contribution in [0.4, 0.5) is 0 Å². The van der Waals surface area contributed by atoms with E-state index >= 15 is 0 Å². The van der Waals surface area contributed by atoms with Crippen LogP contribution in [-0.2, 0) is 4.79 Å². The lowest BCUT2D eigenvalue weighted by Gasteiger charge is -2.13. The fraction of sp³-hybridized carbons (Fsp3) is 0.0952. The second kappa shape index (κ2) is 8.58. The summed E-state index contributed by atoms with van der Waals surface area (Å²) in [4.78, 5) is 16.0. The molecule has 0 saturated carbocycles. The number of aromatic nitrogens is 1. The Labute approximate surface area is 152 Å². The molecule has 3 rings (SSSR count). The molecule has 0 spiro atoms. The molecule has 2 aromatic carbocycles. The lowest BCUT2D eigenvalue weighted by atomic mass is 10.1. The van der Waals surface area contributed by atoms with E-state index < -0.39 is 6.10 Å². The number of carbonyl (C=O) groups excluding carboxylic acids is 1. The monoisotopic (exact) mass is 345 g/mol. The van der Waals surface area contributed by atoms with Gasteiger partial charge in [-0.2, -0.15) is 5.10 Å². The van der Waals surface area contributed by atoms with E-state index in [4.69, 9.17) is 4.74 Å². The van der Waals surface area contributed by atoms with Gasteiger partial charge in [0.15, 0.2) is 6.10 Å². The van der Waals surface area contributed by atoms with Crippen molar-refractivity contribution in [1.29, 1.82) is 0 Å². The highest BCUT2D eigenvalue weighted by molar-refractivity contribution is 5.84. The van der Waals surface area contributed by atoms with E-state index in [1.165, 1.54) is 0 Å². The summed E-state index contributed by atoms with van der Waals surface area (Å²) in [6.07, 6.45) is 4.22. The van der Waals surface area contributed by atoms with Gasteiger partial charge in [-0.15, -0.1) is 0 Å². The molecule has 0 radical (unpaired) electrons. The molecule has 26 heavy (non-hydrogen) atoms. The van der Waals surface area contributed by atoms with Crippen LogP contribution in [0.15, 0.2) is 84.2 Å². The summed E-state index contributed by atoms with van der Waals surface area (Å²) in [7, 11) is 0. The minimum Gasteiger partial charge on any atom is -0.481 e. The van der Waals surface area contributed by atoms with Crippen LogP contribution in [0.5, 0.6) is 5.75 Å². The van der Waals surface area contributed by atoms with E-state index in [-0.39, 0.29) is 5.91 Å². The number of benzene rings is 2. The molecule has 0 bridgehead atoms. The molecule has 5 heteroatoms. The number of hydrogen-bond donors (Lipinski definition) is 1. The Bertz CT molecular complexity index is 863. The van der Waals surface area contributed by atoms with E-state index in [0.29, 0.717) is 5.75 Å². The van der Waals surface area contributed by atoms with Crippen molar-refractivity contribution in [2.45, 2.75) is 13.0 Å². The number of carbonyl (C=O) groups is 1. The molecular formula is C21H19N3O2. The van der Waals surface area contributed by atoms with Gasteiger partial charge in [0.2, 0.25) is 0 Å². The largest absolute Gasteiger partial charge is 0.481 e. The number of amides is 1. The normalized spacial score (nSPS) is 11.9. The molecule has 1 atom stereocenters. The summed E-state index contributed by atoms with van der Waals surface area (Å²) in [6.45, 7) is 1.68. The summed E-state index contributed by atoms with van der Waals surface area (Å²) in [5, 5.41) is 3.93. The number of nitrogens with zero attached hydrogens (tertiary/aromatic N) is 2. The van der Waals surface area contributed by atoms with E-state index in [0.717, 1.165) is 16.7 Å². The fourth-order valence-corrected chi connectivity index (χ4v) is 2.33. The second-order valence-electron chi connectivity index (χ2n) is 5.67. The van der Waals surface area contributed by atoms with E-state index in [9.17, 15) is 4.79 Å². The first-order valence-corrected chi connectivity index (χ1v) is 8.27. The maximum absolute atomic E-state index is 12.1. The third-order valence-corrected chi connectivity index (χ3v) is 3.74. The summed E-state index contributed by atoms with van der Waals surface area (Å²) in [5.74, 6) is 0.313. The Morgan fingerprint density at radius 3 is 2.35 bits per heavy atom. The van der Waals surface area contributed by atoms with Gasteiger partial charge >= 0.3 is 0 Å². The molecule has 1 N–H and O–H groups in total. The second-order valence-corrected chi connectivity index (χ2v) is 5.67. The molecule has 5 nitrogen and oxygen atoms in total. The molecule has 1 heterocycles. The van der Waals surface area contributed by atoms with Gasteiger partial charge < -0.3 is 4.74 Å². The van der Waals surface area contributed by atoms with Crippen LogP contribution >= 0.6 is 0 Å². The van der Waals surface area contributed by atoms with Crippen LogP contribution in [0, 0.1) is 0 Å². The lowest BCUT2D eigenvalue weighted by molar-refractivity contribution is -0.127. The number of ether oxygens (including phenoxy) is 1. The van der Waals surface area contributed by atoms with Gasteiger partial charge in [-0.05, 0) is 47.9 Å². The van der Waals surface area contributed by atoms with E-state index in [2.05, 4.69) is 15.5 Å². The highest BCUT2D eigenvalue weighted by Crippen LogP contribution is 2.22. The Morgan fingerprint density at radius 1 is 1.00 bits per heavy atom. The maximum Gasteiger partial charge on any atom is 0.280 e. The van der Waals surface area contributed by atoms with E-state index in [1.54, 1.807) is 37.7 Å². The van der Waals surface area contributed by atoms with Gasteiger partial charge in [-0.25, -0.2) is 5.43 Å². The predicted molar refractivity (Wildman–Crippen MR) is 102 cm³/mol. The molecule has 1 aromatic heterocycles. The zero-order valence-corrected chi connectivity index (χ0v) is 14.4. The van der Waals surface area contributed by atoms with Gasteiger partial charge in [0.05, 0.1) is 6.21 Å². The molecule has 0 aliphatic carbocycles. The number of rotatable bonds is 6. The summed E-state index contributed by atoms with van der Waals surface area (Å²) < 4.78 is 5.67. The summed E-state index contributed by atoms with van der Waals surface area (Å²) in [6, 6.07) is 21.3. The molecule has 130 valence electrons. The quantitative estimate of drug-likeness (QED) is 0.548. The Morgan fingerprint density at radius 2 is 1.65 bits per heavy atom. The summed E-state index contributed by atoms with van der Waals surface area (Å²) in [5.41, 5.74) is 5.55. The smallest absolute Gasteiger partial charge is 0.280 e. The summed E-state index contributed by atoms with van der Waals surface area (Å²) >= 11 is 0. The fourth-order valence-electron chi connectivity index (χ4n) is 2.33. The Hall–Kier alpha value is -3.47. The molecule has 1 amide bonds. The minimum absolute atomic E-state index is 0.317. The molecule has 3 aromatic rings. The van der Waals surface area contributed by atoms with Gasteiger partial charge in [0, 0.05) is 12.4 Å². The Kier molecular flexibility index (Phi) is 5.72. The average molecular weight is 345 g/mol. The van der Waals surface area contributed by atoms with Crippen molar-refractivity contribution in [3.63, 3.8) is 0 Å². The molecule has 0 fully saturated rings. The van der Waals surface area contributed by atoms with Crippen molar-refractivity contribution in [3.05, 3.63) is 84.7 Å². The molecule has 1 unspecified atom stereocenters. The first kappa shape index (κ1) is 17.4. The van der Waals surface area contributed by atoms with Crippen LogP contribution in [0.25, 0.3) is 11.1 Å². The number of nitrogens with one attached hydrogen (secondary N) is 1. The third kappa shape index (κ3) is 4.77. The Balaban J connectivity index is 1.54. The van der Waals surface area contributed by atoms with Gasteiger partial charge in [-0.1, -0.05) is 42.5 Å². The molecule has 0 aliphatic rings. The van der Waals surface area contributed by atoms with Crippen LogP contribution in [0.3, 0.4) is 0 Å². The third-order valence-electron chi connectivity index (χ3n) is 3.74. The van der Waals surface area contributed by atoms with Crippen LogP contribution in [-0.4, -0.2) is 23.2 Å². The zero-order chi connectivity index (χ0) is 18.2. The SMILES string of the molecule is CC(Oc1ccc(-c2ccccc2)cc1)C(=O)N/N=C/c1ccncc1. The molecule has 0 aliphatic heterocycles. The standard InChI is InChI=1S/C21H19N3O2/c1-16(21(25)24-23-15-17-11-13-22-14-12-17)26-20-9-7-19(8-10-20)18-5-3-2-4-6-18/h2-16H,1H3,(H,24,25)/b23-15+. The van der Waals surface area contributed by atoms with Crippen LogP contribution < -0.4 is 10.2 Å². The predicted octanol–water partition coefficient (Wildman–Crippen LogP) is 3.67. The first-order chi connectivity index (χ1) is 12.7. The molecular weight excluding hydrogens is 326 g/mol. The number of pyridine rings is 1. The van der Waals surface area contributed by atoms with Crippen molar-refractivity contribution in [2.24, 2.45) is 5.10 Å². The first-order valence-electron chi connectivity index (χ1n) is 8.27. The van der Waals surface area contributed by atoms with Crippen molar-refractivity contribution in [2.75, 3.05) is 0 Å². The number of hydrazone groups is 1. The van der Waals surface area contributed by atoms with Crippen molar-refractivity contribution in [1.82, 2.24) is 10.4 Å². The highest BCUT2D eigenvalue weighted by atomic mass is 16.5.